The van der Waals surface area contributed by atoms with Crippen LogP contribution < -0.4 is 15.8 Å². The summed E-state index contributed by atoms with van der Waals surface area (Å²) in [7, 11) is 0. The van der Waals surface area contributed by atoms with Gasteiger partial charge in [-0.2, -0.15) is 0 Å². The third-order valence-electron chi connectivity index (χ3n) is 3.46. The number of hydrogen-bond donors (Lipinski definition) is 2. The van der Waals surface area contributed by atoms with Gasteiger partial charge in [-0.25, -0.2) is 4.98 Å². The van der Waals surface area contributed by atoms with E-state index < -0.39 is 5.91 Å². The second-order valence-electron chi connectivity index (χ2n) is 5.66. The second-order valence-corrected chi connectivity index (χ2v) is 6.96. The summed E-state index contributed by atoms with van der Waals surface area (Å²) in [4.78, 5) is 27.5. The van der Waals surface area contributed by atoms with E-state index in [4.69, 9.17) is 22.1 Å². The van der Waals surface area contributed by atoms with Crippen LogP contribution in [0, 0.1) is 0 Å². The van der Waals surface area contributed by atoms with Gasteiger partial charge in [0.15, 0.2) is 6.61 Å². The number of benzene rings is 2. The number of anilines is 1. The first kappa shape index (κ1) is 18.9. The first-order valence-corrected chi connectivity index (χ1v) is 9.27. The smallest absolute Gasteiger partial charge is 0.255 e. The molecule has 0 atom stereocenters. The molecule has 1 heterocycles. The molecule has 0 radical (unpaired) electrons. The number of halogens is 1. The summed E-state index contributed by atoms with van der Waals surface area (Å²) in [6.45, 7) is -0.220. The number of nitrogens with two attached hydrogens (primary N) is 1. The number of primary amides is 1. The van der Waals surface area contributed by atoms with Gasteiger partial charge in [-0.1, -0.05) is 29.8 Å². The van der Waals surface area contributed by atoms with Crippen molar-refractivity contribution in [3.05, 3.63) is 64.6 Å². The van der Waals surface area contributed by atoms with Gasteiger partial charge in [0.1, 0.15) is 10.8 Å². The van der Waals surface area contributed by atoms with Crippen molar-refractivity contribution in [1.82, 2.24) is 4.98 Å². The highest BCUT2D eigenvalue weighted by Crippen LogP contribution is 2.26. The summed E-state index contributed by atoms with van der Waals surface area (Å²) < 4.78 is 5.22. The minimum Gasteiger partial charge on any atom is -0.484 e. The number of rotatable bonds is 7. The Kier molecular flexibility index (Phi) is 6.05. The van der Waals surface area contributed by atoms with Gasteiger partial charge in [-0.3, -0.25) is 9.59 Å². The Balaban J connectivity index is 1.61. The van der Waals surface area contributed by atoms with Gasteiger partial charge in [0, 0.05) is 27.7 Å². The van der Waals surface area contributed by atoms with E-state index in [1.165, 1.54) is 11.3 Å². The number of carbonyl (C=O) groups is 2. The Morgan fingerprint density at radius 3 is 2.78 bits per heavy atom. The van der Waals surface area contributed by atoms with E-state index in [1.54, 1.807) is 30.3 Å². The quantitative estimate of drug-likeness (QED) is 0.633. The molecule has 0 fully saturated rings. The fraction of sp³-hybridized carbons (Fsp3) is 0.105. The van der Waals surface area contributed by atoms with Crippen molar-refractivity contribution in [2.45, 2.75) is 6.42 Å². The van der Waals surface area contributed by atoms with Crippen LogP contribution in [0.25, 0.3) is 10.6 Å². The van der Waals surface area contributed by atoms with E-state index in [1.807, 2.05) is 23.6 Å². The predicted molar refractivity (Wildman–Crippen MR) is 106 cm³/mol. The zero-order chi connectivity index (χ0) is 19.2. The third-order valence-corrected chi connectivity index (χ3v) is 4.64. The Labute approximate surface area is 164 Å². The number of thiazole rings is 1. The molecule has 1 aromatic heterocycles. The molecular weight excluding hydrogens is 386 g/mol. The molecule has 138 valence electrons. The lowest BCUT2D eigenvalue weighted by Crippen LogP contribution is -2.20. The molecule has 0 unspecified atom stereocenters. The van der Waals surface area contributed by atoms with Crippen LogP contribution in [0.1, 0.15) is 5.69 Å². The summed E-state index contributed by atoms with van der Waals surface area (Å²) in [6, 6.07) is 14.2. The van der Waals surface area contributed by atoms with Gasteiger partial charge in [-0.05, 0) is 24.3 Å². The van der Waals surface area contributed by atoms with E-state index in [0.29, 0.717) is 22.2 Å². The fourth-order valence-corrected chi connectivity index (χ4v) is 3.34. The lowest BCUT2D eigenvalue weighted by Gasteiger charge is -2.07. The molecule has 0 aliphatic rings. The monoisotopic (exact) mass is 401 g/mol. The highest BCUT2D eigenvalue weighted by molar-refractivity contribution is 7.13. The lowest BCUT2D eigenvalue weighted by molar-refractivity contribution is -0.120. The van der Waals surface area contributed by atoms with Gasteiger partial charge in [-0.15, -0.1) is 11.3 Å². The molecule has 0 aliphatic heterocycles. The number of aromatic nitrogens is 1. The number of nitrogens with zero attached hydrogens (tertiary/aromatic N) is 1. The number of nitrogens with one attached hydrogen (secondary N) is 1. The molecule has 3 rings (SSSR count). The van der Waals surface area contributed by atoms with Crippen LogP contribution in [0.4, 0.5) is 5.69 Å². The molecule has 2 aromatic carbocycles. The molecule has 8 heteroatoms. The topological polar surface area (TPSA) is 94.3 Å². The van der Waals surface area contributed by atoms with Crippen LogP contribution in [0.3, 0.4) is 0 Å². The highest BCUT2D eigenvalue weighted by atomic mass is 35.5. The van der Waals surface area contributed by atoms with Crippen LogP contribution in [0.5, 0.6) is 5.75 Å². The van der Waals surface area contributed by atoms with Crippen molar-refractivity contribution in [3.63, 3.8) is 0 Å². The van der Waals surface area contributed by atoms with Crippen LogP contribution >= 0.6 is 22.9 Å². The molecule has 0 saturated heterocycles. The molecule has 0 bridgehead atoms. The van der Waals surface area contributed by atoms with Crippen LogP contribution in [0.2, 0.25) is 5.02 Å². The van der Waals surface area contributed by atoms with Gasteiger partial charge < -0.3 is 15.8 Å². The largest absolute Gasteiger partial charge is 0.484 e. The number of carbonyl (C=O) groups excluding carboxylic acids is 2. The number of amides is 2. The molecule has 2 amide bonds. The van der Waals surface area contributed by atoms with E-state index >= 15 is 0 Å². The Bertz CT molecular complexity index is 974. The molecule has 0 saturated carbocycles. The summed E-state index contributed by atoms with van der Waals surface area (Å²) in [6.07, 6.45) is 0.142. The Morgan fingerprint density at radius 1 is 1.19 bits per heavy atom. The maximum absolute atomic E-state index is 12.3. The van der Waals surface area contributed by atoms with Gasteiger partial charge >= 0.3 is 0 Å². The molecule has 27 heavy (non-hydrogen) atoms. The van der Waals surface area contributed by atoms with E-state index in [9.17, 15) is 9.59 Å². The van der Waals surface area contributed by atoms with E-state index in [-0.39, 0.29) is 18.9 Å². The second kappa shape index (κ2) is 8.66. The summed E-state index contributed by atoms with van der Waals surface area (Å²) in [5.74, 6) is -0.322. The first-order chi connectivity index (χ1) is 13.0. The molecular formula is C19H16ClN3O3S. The lowest BCUT2D eigenvalue weighted by atomic mass is 10.2. The maximum atomic E-state index is 12.3. The molecule has 3 aromatic rings. The van der Waals surface area contributed by atoms with Crippen molar-refractivity contribution >= 4 is 40.4 Å². The van der Waals surface area contributed by atoms with E-state index in [0.717, 1.165) is 10.6 Å². The summed E-state index contributed by atoms with van der Waals surface area (Å²) >= 11 is 7.46. The van der Waals surface area contributed by atoms with E-state index in [2.05, 4.69) is 10.3 Å². The van der Waals surface area contributed by atoms with Crippen molar-refractivity contribution in [1.29, 1.82) is 0 Å². The van der Waals surface area contributed by atoms with Gasteiger partial charge in [0.25, 0.3) is 5.91 Å². The first-order valence-electron chi connectivity index (χ1n) is 8.01. The molecule has 0 spiro atoms. The van der Waals surface area contributed by atoms with Crippen molar-refractivity contribution in [3.8, 4) is 16.3 Å². The maximum Gasteiger partial charge on any atom is 0.255 e. The van der Waals surface area contributed by atoms with Crippen LogP contribution in [-0.4, -0.2) is 23.4 Å². The van der Waals surface area contributed by atoms with Crippen LogP contribution in [-0.2, 0) is 16.0 Å². The Hall–Kier alpha value is -2.90. The zero-order valence-electron chi connectivity index (χ0n) is 14.1. The zero-order valence-corrected chi connectivity index (χ0v) is 15.7. The SMILES string of the molecule is NC(=O)COc1cccc(NC(=O)Cc2csc(-c3cccc(Cl)c3)n2)c1. The average Bonchev–Trinajstić information content (AvgIpc) is 3.08. The minimum absolute atomic E-state index is 0.142. The predicted octanol–water partition coefficient (Wildman–Crippen LogP) is 3.51. The van der Waals surface area contributed by atoms with Crippen molar-refractivity contribution in [2.75, 3.05) is 11.9 Å². The molecule has 0 aliphatic carbocycles. The molecule has 3 N–H and O–H groups in total. The summed E-state index contributed by atoms with van der Waals surface area (Å²) in [5, 5.41) is 6.08. The molecule has 6 nitrogen and oxygen atoms in total. The number of hydrogen-bond acceptors (Lipinski definition) is 5. The average molecular weight is 402 g/mol. The number of ether oxygens (including phenoxy) is 1. The minimum atomic E-state index is -0.566. The van der Waals surface area contributed by atoms with Gasteiger partial charge in [0.05, 0.1) is 12.1 Å². The van der Waals surface area contributed by atoms with Crippen LogP contribution in [0.15, 0.2) is 53.9 Å². The fourth-order valence-electron chi connectivity index (χ4n) is 2.33. The van der Waals surface area contributed by atoms with Crippen molar-refractivity contribution in [2.24, 2.45) is 5.73 Å². The normalized spacial score (nSPS) is 10.4. The highest BCUT2D eigenvalue weighted by Gasteiger charge is 2.10. The third kappa shape index (κ3) is 5.54. The summed E-state index contributed by atoms with van der Waals surface area (Å²) in [5.41, 5.74) is 7.20. The van der Waals surface area contributed by atoms with Crippen molar-refractivity contribution < 1.29 is 14.3 Å². The Morgan fingerprint density at radius 2 is 2.00 bits per heavy atom. The van der Waals surface area contributed by atoms with Gasteiger partial charge in [0.2, 0.25) is 5.91 Å². The standard InChI is InChI=1S/C19H16ClN3O3S/c20-13-4-1-3-12(7-13)19-23-15(11-27-19)9-18(25)22-14-5-2-6-16(8-14)26-10-17(21)24/h1-8,11H,9-10H2,(H2,21,24)(H,22,25).